The van der Waals surface area contributed by atoms with Crippen molar-refractivity contribution in [3.05, 3.63) is 22.8 Å². The fraction of sp³-hybridized carbons (Fsp3) is 0.588. The predicted molar refractivity (Wildman–Crippen MR) is 97.9 cm³/mol. The quantitative estimate of drug-likeness (QED) is 0.667. The molecule has 1 saturated carbocycles. The Morgan fingerprint density at radius 1 is 1.33 bits per heavy atom. The Hall–Kier alpha value is -1.48. The van der Waals surface area contributed by atoms with Gasteiger partial charge in [0.25, 0.3) is 0 Å². The van der Waals surface area contributed by atoms with E-state index in [2.05, 4.69) is 10.2 Å². The lowest BCUT2D eigenvalue weighted by atomic mass is 9.89. The standard InChI is InChI=1S/C17H20ClF3N4OS/c1-24(8-11-5-3-2-4-6-11)14(26)10-27-16-23-22-15-13(18)7-12(9-25(15)16)17(19,20)21/h7,9,11H,2-6,8,10H2,1H3. The molecule has 1 fully saturated rings. The van der Waals surface area contributed by atoms with E-state index in [-0.39, 0.29) is 27.5 Å². The van der Waals surface area contributed by atoms with Gasteiger partial charge in [-0.15, -0.1) is 10.2 Å². The van der Waals surface area contributed by atoms with E-state index in [0.29, 0.717) is 12.5 Å². The van der Waals surface area contributed by atoms with Gasteiger partial charge in [-0.1, -0.05) is 42.6 Å². The van der Waals surface area contributed by atoms with E-state index in [1.54, 1.807) is 11.9 Å². The molecule has 1 amide bonds. The number of halogens is 4. The molecule has 2 aromatic rings. The molecule has 148 valence electrons. The summed E-state index contributed by atoms with van der Waals surface area (Å²) in [5, 5.41) is 7.78. The van der Waals surface area contributed by atoms with Crippen molar-refractivity contribution in [3.63, 3.8) is 0 Å². The number of carbonyl (C=O) groups is 1. The van der Waals surface area contributed by atoms with E-state index < -0.39 is 11.7 Å². The monoisotopic (exact) mass is 420 g/mol. The third-order valence-corrected chi connectivity index (χ3v) is 5.97. The molecule has 5 nitrogen and oxygen atoms in total. The molecule has 1 aliphatic rings. The summed E-state index contributed by atoms with van der Waals surface area (Å²) in [6.07, 6.45) is 2.31. The highest BCUT2D eigenvalue weighted by Crippen LogP contribution is 2.33. The van der Waals surface area contributed by atoms with E-state index in [1.165, 1.54) is 23.7 Å². The third kappa shape index (κ3) is 4.87. The molecular formula is C17H20ClF3N4OS. The first-order valence-electron chi connectivity index (χ1n) is 8.74. The van der Waals surface area contributed by atoms with Gasteiger partial charge >= 0.3 is 6.18 Å². The number of carbonyl (C=O) groups excluding carboxylic acids is 1. The Labute approximate surface area is 164 Å². The molecular weight excluding hydrogens is 401 g/mol. The first-order valence-corrected chi connectivity index (χ1v) is 10.1. The van der Waals surface area contributed by atoms with Crippen molar-refractivity contribution in [2.24, 2.45) is 5.92 Å². The smallest absolute Gasteiger partial charge is 0.345 e. The second-order valence-electron chi connectivity index (χ2n) is 6.82. The Bertz CT molecular complexity index is 820. The zero-order valence-corrected chi connectivity index (χ0v) is 16.4. The molecule has 1 aliphatic carbocycles. The number of nitrogens with zero attached hydrogens (tertiary/aromatic N) is 4. The lowest BCUT2D eigenvalue weighted by Gasteiger charge is -2.27. The van der Waals surface area contributed by atoms with Crippen LogP contribution < -0.4 is 0 Å². The minimum absolute atomic E-state index is 0.0812. The largest absolute Gasteiger partial charge is 0.417 e. The molecule has 2 heterocycles. The van der Waals surface area contributed by atoms with Crippen molar-refractivity contribution in [2.75, 3.05) is 19.3 Å². The van der Waals surface area contributed by atoms with Gasteiger partial charge in [0, 0.05) is 19.8 Å². The number of fused-ring (bicyclic) bond motifs is 1. The Morgan fingerprint density at radius 3 is 2.70 bits per heavy atom. The van der Waals surface area contributed by atoms with Gasteiger partial charge in [-0.25, -0.2) is 0 Å². The highest BCUT2D eigenvalue weighted by atomic mass is 35.5. The van der Waals surface area contributed by atoms with Crippen LogP contribution in [0.4, 0.5) is 13.2 Å². The average molecular weight is 421 g/mol. The van der Waals surface area contributed by atoms with Crippen molar-refractivity contribution in [1.29, 1.82) is 0 Å². The number of alkyl halides is 3. The normalized spacial score (nSPS) is 16.0. The predicted octanol–water partition coefficient (Wildman–Crippen LogP) is 4.53. The summed E-state index contributed by atoms with van der Waals surface area (Å²) >= 11 is 6.95. The maximum atomic E-state index is 13.0. The highest BCUT2D eigenvalue weighted by molar-refractivity contribution is 7.99. The van der Waals surface area contributed by atoms with Crippen LogP contribution in [0.25, 0.3) is 5.65 Å². The Balaban J connectivity index is 1.67. The molecule has 0 aliphatic heterocycles. The average Bonchev–Trinajstić information content (AvgIpc) is 3.03. The molecule has 0 bridgehead atoms. The second kappa shape index (κ2) is 8.26. The van der Waals surface area contributed by atoms with Crippen LogP contribution in [0.1, 0.15) is 37.7 Å². The van der Waals surface area contributed by atoms with Crippen LogP contribution in [-0.4, -0.2) is 44.8 Å². The first kappa shape index (κ1) is 20.3. The number of hydrogen-bond donors (Lipinski definition) is 0. The van der Waals surface area contributed by atoms with Gasteiger partial charge in [0.2, 0.25) is 5.91 Å². The molecule has 0 N–H and O–H groups in total. The summed E-state index contributed by atoms with van der Waals surface area (Å²) in [6.45, 7) is 0.712. The van der Waals surface area contributed by atoms with Crippen LogP contribution in [-0.2, 0) is 11.0 Å². The molecule has 0 spiro atoms. The second-order valence-corrected chi connectivity index (χ2v) is 8.17. The van der Waals surface area contributed by atoms with Crippen LogP contribution in [0.5, 0.6) is 0 Å². The zero-order chi connectivity index (χ0) is 19.6. The van der Waals surface area contributed by atoms with Crippen LogP contribution in [0.15, 0.2) is 17.4 Å². The highest BCUT2D eigenvalue weighted by Gasteiger charge is 2.32. The van der Waals surface area contributed by atoms with Gasteiger partial charge in [0.1, 0.15) is 0 Å². The minimum atomic E-state index is -4.53. The van der Waals surface area contributed by atoms with Crippen molar-refractivity contribution in [3.8, 4) is 0 Å². The third-order valence-electron chi connectivity index (χ3n) is 4.76. The van der Waals surface area contributed by atoms with Gasteiger partial charge in [0.05, 0.1) is 16.3 Å². The van der Waals surface area contributed by atoms with Crippen molar-refractivity contribution in [2.45, 2.75) is 43.4 Å². The maximum Gasteiger partial charge on any atom is 0.417 e. The first-order chi connectivity index (χ1) is 12.8. The van der Waals surface area contributed by atoms with Gasteiger partial charge < -0.3 is 4.90 Å². The van der Waals surface area contributed by atoms with Gasteiger partial charge in [0.15, 0.2) is 10.8 Å². The summed E-state index contributed by atoms with van der Waals surface area (Å²) in [4.78, 5) is 14.1. The van der Waals surface area contributed by atoms with Crippen LogP contribution in [0.2, 0.25) is 5.02 Å². The molecule has 2 aromatic heterocycles. The zero-order valence-electron chi connectivity index (χ0n) is 14.8. The van der Waals surface area contributed by atoms with Gasteiger partial charge in [-0.2, -0.15) is 13.2 Å². The van der Waals surface area contributed by atoms with Gasteiger partial charge in [-0.05, 0) is 24.8 Å². The lowest BCUT2D eigenvalue weighted by molar-refractivity contribution is -0.138. The molecule has 0 radical (unpaired) electrons. The number of rotatable bonds is 5. The number of aromatic nitrogens is 3. The number of amides is 1. The summed E-state index contributed by atoms with van der Waals surface area (Å²) < 4.78 is 40.2. The molecule has 27 heavy (non-hydrogen) atoms. The molecule has 10 heteroatoms. The summed E-state index contributed by atoms with van der Waals surface area (Å²) in [7, 11) is 1.76. The van der Waals surface area contributed by atoms with Gasteiger partial charge in [-0.3, -0.25) is 9.20 Å². The number of thioether (sulfide) groups is 1. The molecule has 3 rings (SSSR count). The summed E-state index contributed by atoms with van der Waals surface area (Å²) in [6, 6.07) is 0.823. The van der Waals surface area contributed by atoms with E-state index >= 15 is 0 Å². The van der Waals surface area contributed by atoms with E-state index in [4.69, 9.17) is 11.6 Å². The fourth-order valence-corrected chi connectivity index (χ4v) is 4.38. The Morgan fingerprint density at radius 2 is 2.04 bits per heavy atom. The maximum absolute atomic E-state index is 13.0. The molecule has 0 saturated heterocycles. The van der Waals surface area contributed by atoms with E-state index in [9.17, 15) is 18.0 Å². The van der Waals surface area contributed by atoms with E-state index in [0.717, 1.165) is 36.9 Å². The number of pyridine rings is 1. The van der Waals surface area contributed by atoms with Crippen molar-refractivity contribution in [1.82, 2.24) is 19.5 Å². The van der Waals surface area contributed by atoms with Crippen molar-refractivity contribution >= 4 is 34.9 Å². The minimum Gasteiger partial charge on any atom is -0.345 e. The Kier molecular flexibility index (Phi) is 6.20. The molecule has 0 atom stereocenters. The van der Waals surface area contributed by atoms with Crippen molar-refractivity contribution < 1.29 is 18.0 Å². The topological polar surface area (TPSA) is 50.5 Å². The fourth-order valence-electron chi connectivity index (χ4n) is 3.28. The van der Waals surface area contributed by atoms with E-state index in [1.807, 2.05) is 0 Å². The van der Waals surface area contributed by atoms with Crippen LogP contribution >= 0.6 is 23.4 Å². The summed E-state index contributed by atoms with van der Waals surface area (Å²) in [5.74, 6) is 0.526. The van der Waals surface area contributed by atoms with Crippen LogP contribution in [0, 0.1) is 5.92 Å². The SMILES string of the molecule is CN(CC1CCCCC1)C(=O)CSc1nnc2c(Cl)cc(C(F)(F)F)cn12. The molecule has 0 unspecified atom stereocenters. The lowest BCUT2D eigenvalue weighted by Crippen LogP contribution is -2.33. The molecule has 0 aromatic carbocycles. The van der Waals surface area contributed by atoms with Crippen LogP contribution in [0.3, 0.4) is 0 Å². The summed E-state index contributed by atoms with van der Waals surface area (Å²) in [5.41, 5.74) is -0.752. The number of hydrogen-bond acceptors (Lipinski definition) is 4.